The number of aromatic nitrogens is 4. The Hall–Kier alpha value is -2.45. The van der Waals surface area contributed by atoms with E-state index in [-0.39, 0.29) is 5.41 Å². The fourth-order valence-corrected chi connectivity index (χ4v) is 3.91. The molecule has 9 heteroatoms. The van der Waals surface area contributed by atoms with Gasteiger partial charge in [0.15, 0.2) is 17.3 Å². The third kappa shape index (κ3) is 3.62. The molecule has 2 aromatic rings. The van der Waals surface area contributed by atoms with E-state index in [0.717, 1.165) is 43.8 Å². The van der Waals surface area contributed by atoms with Crippen LogP contribution in [-0.4, -0.2) is 46.6 Å². The van der Waals surface area contributed by atoms with Crippen LogP contribution in [0.5, 0.6) is 0 Å². The Morgan fingerprint density at radius 2 is 1.14 bits per heavy atom. The predicted octanol–water partition coefficient (Wildman–Crippen LogP) is 3.16. The highest BCUT2D eigenvalue weighted by Crippen LogP contribution is 2.35. The molecular weight excluding hydrogens is 369 g/mol. The molecule has 2 atom stereocenters. The van der Waals surface area contributed by atoms with Gasteiger partial charge in [-0.3, -0.25) is 0 Å². The van der Waals surface area contributed by atoms with E-state index in [9.17, 15) is 13.2 Å². The van der Waals surface area contributed by atoms with Gasteiger partial charge in [-0.1, -0.05) is 20.8 Å². The van der Waals surface area contributed by atoms with Gasteiger partial charge >= 0.3 is 6.18 Å². The minimum Gasteiger partial charge on any atom is -0.354 e. The molecule has 6 nitrogen and oxygen atoms in total. The Morgan fingerprint density at radius 3 is 1.46 bits per heavy atom. The maximum absolute atomic E-state index is 12.6. The van der Waals surface area contributed by atoms with E-state index < -0.39 is 11.9 Å². The van der Waals surface area contributed by atoms with Gasteiger partial charge in [0.1, 0.15) is 0 Å². The van der Waals surface area contributed by atoms with Crippen molar-refractivity contribution in [3.05, 3.63) is 35.7 Å². The summed E-state index contributed by atoms with van der Waals surface area (Å²) in [6, 6.07) is 6.45. The molecule has 2 aromatic heterocycles. The van der Waals surface area contributed by atoms with Crippen LogP contribution in [0, 0.1) is 11.8 Å². The molecular formula is C19H23F3N6. The molecule has 2 aliphatic rings. The first-order valence-electron chi connectivity index (χ1n) is 9.36. The van der Waals surface area contributed by atoms with Crippen LogP contribution in [0.3, 0.4) is 0 Å². The van der Waals surface area contributed by atoms with Crippen LogP contribution in [0.1, 0.15) is 32.2 Å². The fraction of sp³-hybridized carbons (Fsp3) is 0.579. The molecule has 0 aliphatic carbocycles. The highest BCUT2D eigenvalue weighted by atomic mass is 19.4. The van der Waals surface area contributed by atoms with Gasteiger partial charge in [0.25, 0.3) is 0 Å². The molecule has 2 fully saturated rings. The lowest BCUT2D eigenvalue weighted by atomic mass is 9.92. The first-order chi connectivity index (χ1) is 13.1. The molecule has 0 amide bonds. The number of anilines is 2. The molecule has 2 unspecified atom stereocenters. The van der Waals surface area contributed by atoms with E-state index >= 15 is 0 Å². The zero-order valence-electron chi connectivity index (χ0n) is 16.1. The molecule has 0 bridgehead atoms. The van der Waals surface area contributed by atoms with Crippen LogP contribution in [0.25, 0.3) is 0 Å². The van der Waals surface area contributed by atoms with E-state index in [4.69, 9.17) is 0 Å². The first kappa shape index (κ1) is 18.9. The number of alkyl halides is 3. The van der Waals surface area contributed by atoms with Gasteiger partial charge < -0.3 is 9.80 Å². The van der Waals surface area contributed by atoms with Crippen molar-refractivity contribution in [3.8, 4) is 0 Å². The average Bonchev–Trinajstić information content (AvgIpc) is 3.19. The van der Waals surface area contributed by atoms with Crippen LogP contribution in [-0.2, 0) is 11.6 Å². The molecule has 28 heavy (non-hydrogen) atoms. The third-order valence-corrected chi connectivity index (χ3v) is 5.49. The Kier molecular flexibility index (Phi) is 4.43. The Bertz CT molecular complexity index is 745. The standard InChI is InChI=1S/C19H23F3N6/c1-18(2,3)14-4-6-16(25-23-14)27-8-12-10-28(11-13(12)9-27)17-7-5-15(24-26-17)19(20,21)22/h4-7,12-13H,8-11H2,1-3H3. The van der Waals surface area contributed by atoms with Crippen molar-refractivity contribution in [2.75, 3.05) is 36.0 Å². The van der Waals surface area contributed by atoms with Gasteiger partial charge in [-0.05, 0) is 24.3 Å². The molecule has 2 saturated heterocycles. The van der Waals surface area contributed by atoms with E-state index in [1.165, 1.54) is 6.07 Å². The lowest BCUT2D eigenvalue weighted by molar-refractivity contribution is -0.141. The van der Waals surface area contributed by atoms with E-state index in [1.54, 1.807) is 0 Å². The first-order valence-corrected chi connectivity index (χ1v) is 9.36. The normalized spacial score (nSPS) is 22.6. The Morgan fingerprint density at radius 1 is 0.714 bits per heavy atom. The topological polar surface area (TPSA) is 58.0 Å². The van der Waals surface area contributed by atoms with E-state index in [1.807, 2.05) is 17.0 Å². The van der Waals surface area contributed by atoms with Gasteiger partial charge in [0.05, 0.1) is 5.69 Å². The molecule has 0 N–H and O–H groups in total. The summed E-state index contributed by atoms with van der Waals surface area (Å²) in [5, 5.41) is 15.9. The average molecular weight is 392 g/mol. The quantitative estimate of drug-likeness (QED) is 0.783. The van der Waals surface area contributed by atoms with E-state index in [0.29, 0.717) is 17.7 Å². The smallest absolute Gasteiger partial charge is 0.354 e. The molecule has 2 aliphatic heterocycles. The van der Waals surface area contributed by atoms with Crippen LogP contribution < -0.4 is 9.80 Å². The molecule has 4 rings (SSSR count). The van der Waals surface area contributed by atoms with Crippen LogP contribution in [0.2, 0.25) is 0 Å². The number of hydrogen-bond donors (Lipinski definition) is 0. The molecule has 0 spiro atoms. The molecule has 0 aromatic carbocycles. The van der Waals surface area contributed by atoms with E-state index in [2.05, 4.69) is 46.1 Å². The maximum Gasteiger partial charge on any atom is 0.435 e. The Labute approximate surface area is 161 Å². The molecule has 150 valence electrons. The number of hydrogen-bond acceptors (Lipinski definition) is 6. The molecule has 0 saturated carbocycles. The number of halogens is 3. The predicted molar refractivity (Wildman–Crippen MR) is 99.2 cm³/mol. The highest BCUT2D eigenvalue weighted by Gasteiger charge is 2.41. The van der Waals surface area contributed by atoms with Gasteiger partial charge in [-0.2, -0.15) is 18.3 Å². The van der Waals surface area contributed by atoms with Crippen molar-refractivity contribution in [2.24, 2.45) is 11.8 Å². The monoisotopic (exact) mass is 392 g/mol. The largest absolute Gasteiger partial charge is 0.435 e. The lowest BCUT2D eigenvalue weighted by Crippen LogP contribution is -2.30. The minimum absolute atomic E-state index is 0.0315. The van der Waals surface area contributed by atoms with Crippen molar-refractivity contribution in [1.29, 1.82) is 0 Å². The van der Waals surface area contributed by atoms with Gasteiger partial charge in [-0.25, -0.2) is 0 Å². The minimum atomic E-state index is -4.46. The fourth-order valence-electron chi connectivity index (χ4n) is 3.91. The number of rotatable bonds is 2. The number of fused-ring (bicyclic) bond motifs is 1. The summed E-state index contributed by atoms with van der Waals surface area (Å²) >= 11 is 0. The van der Waals surface area contributed by atoms with Crippen LogP contribution in [0.15, 0.2) is 24.3 Å². The van der Waals surface area contributed by atoms with Gasteiger partial charge in [0, 0.05) is 43.4 Å². The van der Waals surface area contributed by atoms with Crippen LogP contribution in [0.4, 0.5) is 24.8 Å². The molecule has 0 radical (unpaired) electrons. The second-order valence-corrected chi connectivity index (χ2v) is 8.63. The lowest BCUT2D eigenvalue weighted by Gasteiger charge is -2.23. The summed E-state index contributed by atoms with van der Waals surface area (Å²) in [5.41, 5.74) is -0.0298. The van der Waals surface area contributed by atoms with Crippen molar-refractivity contribution < 1.29 is 13.2 Å². The van der Waals surface area contributed by atoms with Crippen molar-refractivity contribution >= 4 is 11.6 Å². The third-order valence-electron chi connectivity index (χ3n) is 5.49. The second-order valence-electron chi connectivity index (χ2n) is 8.63. The summed E-state index contributed by atoms with van der Waals surface area (Å²) in [5.74, 6) is 2.23. The summed E-state index contributed by atoms with van der Waals surface area (Å²) in [7, 11) is 0. The highest BCUT2D eigenvalue weighted by molar-refractivity contribution is 5.44. The zero-order valence-corrected chi connectivity index (χ0v) is 16.1. The summed E-state index contributed by atoms with van der Waals surface area (Å²) in [6.45, 7) is 9.56. The summed E-state index contributed by atoms with van der Waals surface area (Å²) < 4.78 is 37.9. The van der Waals surface area contributed by atoms with Gasteiger partial charge in [-0.15, -0.1) is 15.3 Å². The SMILES string of the molecule is CC(C)(C)c1ccc(N2CC3CN(c4ccc(C(F)(F)F)nn4)CC3C2)nn1. The van der Waals surface area contributed by atoms with Crippen LogP contribution >= 0.6 is 0 Å². The summed E-state index contributed by atoms with van der Waals surface area (Å²) in [6.07, 6.45) is -4.46. The van der Waals surface area contributed by atoms with Crippen molar-refractivity contribution in [1.82, 2.24) is 20.4 Å². The second kappa shape index (κ2) is 6.56. The summed E-state index contributed by atoms with van der Waals surface area (Å²) in [4.78, 5) is 4.26. The maximum atomic E-state index is 12.6. The zero-order chi connectivity index (χ0) is 20.1. The van der Waals surface area contributed by atoms with Crippen molar-refractivity contribution in [3.63, 3.8) is 0 Å². The molecule has 4 heterocycles. The van der Waals surface area contributed by atoms with Gasteiger partial charge in [0.2, 0.25) is 0 Å². The van der Waals surface area contributed by atoms with Crippen molar-refractivity contribution in [2.45, 2.75) is 32.4 Å². The Balaban J connectivity index is 1.39. The number of nitrogens with zero attached hydrogens (tertiary/aromatic N) is 6.